The first-order valence-electron chi connectivity index (χ1n) is 15.8. The molecule has 0 amide bonds. The lowest BCUT2D eigenvalue weighted by atomic mass is 9.82. The molecule has 1 aliphatic carbocycles. The molecule has 1 rings (SSSR count). The van der Waals surface area contributed by atoms with Crippen LogP contribution in [0.3, 0.4) is 0 Å². The fraction of sp³-hybridized carbons (Fsp3) is 0.513. The highest BCUT2D eigenvalue weighted by Gasteiger charge is 2.21. The van der Waals surface area contributed by atoms with Gasteiger partial charge in [0.2, 0.25) is 0 Å². The van der Waals surface area contributed by atoms with Crippen molar-refractivity contribution in [3.05, 3.63) is 99.9 Å². The highest BCUT2D eigenvalue weighted by molar-refractivity contribution is 6.03. The van der Waals surface area contributed by atoms with Crippen molar-refractivity contribution < 1.29 is 4.74 Å². The average Bonchev–Trinajstić information content (AvgIpc) is 3.14. The lowest BCUT2D eigenvalue weighted by molar-refractivity contribution is 0.0667. The van der Waals surface area contributed by atoms with Crippen molar-refractivity contribution in [1.29, 1.82) is 5.26 Å². The van der Waals surface area contributed by atoms with Gasteiger partial charge in [-0.15, -0.1) is 5.73 Å². The first-order chi connectivity index (χ1) is 20.3. The molecule has 0 saturated heterocycles. The van der Waals surface area contributed by atoms with Gasteiger partial charge in [0.25, 0.3) is 0 Å². The number of ether oxygens (including phenoxy) is 1. The summed E-state index contributed by atoms with van der Waals surface area (Å²) in [6.07, 6.45) is 12.1. The van der Waals surface area contributed by atoms with Gasteiger partial charge in [-0.3, -0.25) is 4.99 Å². The Morgan fingerprint density at radius 2 is 1.84 bits per heavy atom. The summed E-state index contributed by atoms with van der Waals surface area (Å²) >= 11 is 0. The van der Waals surface area contributed by atoms with Crippen molar-refractivity contribution in [3.63, 3.8) is 0 Å². The lowest BCUT2D eigenvalue weighted by Crippen LogP contribution is -2.21. The van der Waals surface area contributed by atoms with Crippen LogP contribution < -0.4 is 5.32 Å². The summed E-state index contributed by atoms with van der Waals surface area (Å²) in [5.41, 5.74) is 13.8. The summed E-state index contributed by atoms with van der Waals surface area (Å²) < 4.78 is 5.99. The lowest BCUT2D eigenvalue weighted by Gasteiger charge is -2.24. The third-order valence-corrected chi connectivity index (χ3v) is 7.47. The maximum absolute atomic E-state index is 9.66. The van der Waals surface area contributed by atoms with Crippen molar-refractivity contribution >= 4 is 5.71 Å². The monoisotopic (exact) mass is 583 g/mol. The maximum Gasteiger partial charge on any atom is 0.0991 e. The van der Waals surface area contributed by atoms with Gasteiger partial charge in [0, 0.05) is 30.9 Å². The van der Waals surface area contributed by atoms with Crippen LogP contribution >= 0.6 is 0 Å². The van der Waals surface area contributed by atoms with Crippen LogP contribution in [0.2, 0.25) is 0 Å². The van der Waals surface area contributed by atoms with Gasteiger partial charge in [-0.25, -0.2) is 0 Å². The minimum atomic E-state index is 0.0294. The van der Waals surface area contributed by atoms with Crippen molar-refractivity contribution in [2.24, 2.45) is 16.8 Å². The predicted molar refractivity (Wildman–Crippen MR) is 187 cm³/mol. The highest BCUT2D eigenvalue weighted by atomic mass is 16.5. The van der Waals surface area contributed by atoms with Crippen LogP contribution in [-0.2, 0) is 4.74 Å². The van der Waals surface area contributed by atoms with Crippen LogP contribution in [0.15, 0.2) is 105 Å². The topological polar surface area (TPSA) is 57.4 Å². The number of nitrogens with zero attached hydrogens (tertiary/aromatic N) is 2. The number of rotatable bonds is 19. The maximum atomic E-state index is 9.66. The second-order valence-electron chi connectivity index (χ2n) is 12.3. The van der Waals surface area contributed by atoms with E-state index < -0.39 is 0 Å². The van der Waals surface area contributed by atoms with Crippen molar-refractivity contribution in [3.8, 4) is 6.07 Å². The molecular formula is C39H57N3O. The Labute approximate surface area is 263 Å². The highest BCUT2D eigenvalue weighted by Crippen LogP contribution is 2.34. The van der Waals surface area contributed by atoms with E-state index in [0.29, 0.717) is 17.9 Å². The molecule has 0 bridgehead atoms. The number of hydrogen-bond donors (Lipinski definition) is 1. The van der Waals surface area contributed by atoms with Gasteiger partial charge in [-0.05, 0) is 119 Å². The molecule has 43 heavy (non-hydrogen) atoms. The summed E-state index contributed by atoms with van der Waals surface area (Å²) in [7, 11) is 1.85. The Bertz CT molecular complexity index is 1270. The smallest absolute Gasteiger partial charge is 0.0991 e. The predicted octanol–water partition coefficient (Wildman–Crippen LogP) is 9.74. The van der Waals surface area contributed by atoms with Crippen molar-refractivity contribution in [1.82, 2.24) is 5.32 Å². The SMILES string of the molecule is C=C(CCNCC(C)C)C/C(C(=C)C)=C(C(C)=NC)\C(=C/C(C)C1=CC(C#N)=CC=C=C1C)CC(=C)C[C@@H](C)OCCC. The van der Waals surface area contributed by atoms with E-state index >= 15 is 0 Å². The molecule has 0 aromatic heterocycles. The van der Waals surface area contributed by atoms with E-state index in [1.54, 1.807) is 0 Å². The molecule has 4 heteroatoms. The Kier molecular flexibility index (Phi) is 17.5. The van der Waals surface area contributed by atoms with Gasteiger partial charge in [0.15, 0.2) is 0 Å². The summed E-state index contributed by atoms with van der Waals surface area (Å²) in [5.74, 6) is 0.645. The molecule has 0 saturated carbocycles. The van der Waals surface area contributed by atoms with Gasteiger partial charge in [0.05, 0.1) is 17.7 Å². The quantitative estimate of drug-likeness (QED) is 0.0541. The fourth-order valence-electron chi connectivity index (χ4n) is 5.16. The third-order valence-electron chi connectivity index (χ3n) is 7.47. The van der Waals surface area contributed by atoms with Gasteiger partial charge in [0.1, 0.15) is 0 Å². The molecule has 0 aromatic rings. The van der Waals surface area contributed by atoms with Crippen LogP contribution in [-0.4, -0.2) is 38.6 Å². The van der Waals surface area contributed by atoms with Gasteiger partial charge < -0.3 is 10.1 Å². The Balaban J connectivity index is 3.70. The zero-order valence-corrected chi connectivity index (χ0v) is 28.6. The van der Waals surface area contributed by atoms with Crippen LogP contribution in [0.25, 0.3) is 0 Å². The number of hydrogen-bond acceptors (Lipinski definition) is 4. The molecule has 0 aliphatic heterocycles. The fourth-order valence-corrected chi connectivity index (χ4v) is 5.16. The van der Waals surface area contributed by atoms with Gasteiger partial charge in [-0.2, -0.15) is 5.26 Å². The molecule has 0 fully saturated rings. The van der Waals surface area contributed by atoms with Gasteiger partial charge >= 0.3 is 0 Å². The molecule has 1 N–H and O–H groups in total. The number of nitrogens with one attached hydrogen (secondary N) is 1. The first kappa shape index (κ1) is 37.8. The Morgan fingerprint density at radius 3 is 2.42 bits per heavy atom. The zero-order chi connectivity index (χ0) is 32.5. The second kappa shape index (κ2) is 19.9. The molecular weight excluding hydrogens is 526 g/mol. The largest absolute Gasteiger partial charge is 0.378 e. The van der Waals surface area contributed by atoms with E-state index in [2.05, 4.69) is 98.3 Å². The molecule has 0 aromatic carbocycles. The molecule has 0 radical (unpaired) electrons. The average molecular weight is 584 g/mol. The van der Waals surface area contributed by atoms with Crippen molar-refractivity contribution in [2.75, 3.05) is 26.7 Å². The van der Waals surface area contributed by atoms with Crippen LogP contribution in [0.5, 0.6) is 0 Å². The number of aliphatic imine (C=N–C) groups is 1. The molecule has 2 atom stereocenters. The third kappa shape index (κ3) is 13.7. The zero-order valence-electron chi connectivity index (χ0n) is 28.6. The molecule has 1 unspecified atom stereocenters. The van der Waals surface area contributed by atoms with Gasteiger partial charge in [-0.1, -0.05) is 70.2 Å². The van der Waals surface area contributed by atoms with Crippen LogP contribution in [0.1, 0.15) is 87.5 Å². The molecule has 234 valence electrons. The second-order valence-corrected chi connectivity index (χ2v) is 12.3. The summed E-state index contributed by atoms with van der Waals surface area (Å²) in [5, 5.41) is 13.2. The molecule has 0 spiro atoms. The van der Waals surface area contributed by atoms with Crippen LogP contribution in [0, 0.1) is 23.2 Å². The minimum absolute atomic E-state index is 0.0294. The van der Waals surface area contributed by atoms with E-state index in [4.69, 9.17) is 9.73 Å². The molecule has 4 nitrogen and oxygen atoms in total. The van der Waals surface area contributed by atoms with Crippen molar-refractivity contribution in [2.45, 2.75) is 93.6 Å². The van der Waals surface area contributed by atoms with E-state index in [-0.39, 0.29) is 12.0 Å². The summed E-state index contributed by atoms with van der Waals surface area (Å²) in [6.45, 7) is 33.1. The first-order valence-corrected chi connectivity index (χ1v) is 15.8. The van der Waals surface area contributed by atoms with Crippen LogP contribution in [0.4, 0.5) is 0 Å². The van der Waals surface area contributed by atoms with E-state index in [0.717, 1.165) is 90.1 Å². The molecule has 0 heterocycles. The van der Waals surface area contributed by atoms with E-state index in [1.165, 1.54) is 5.57 Å². The standard InChI is InChI=1S/C39H57N3O/c1-13-19-43-33(10)20-30(7)21-36(23-32(9)38-24-35(25-40)16-14-15-31(38)8)39(34(11)41-12)37(28(4)5)22-29(6)17-18-42-26-27(2)3/h14,16,23-24,27,32-33,42H,4,6-7,13,17-22,26H2,1-3,5,8-12H3/b36-23-,39-37+,41-34?/t32?,33-/m1/s1. The summed E-state index contributed by atoms with van der Waals surface area (Å²) in [4.78, 5) is 4.69. The number of nitriles is 1. The minimum Gasteiger partial charge on any atom is -0.378 e. The molecule has 1 aliphatic rings. The van der Waals surface area contributed by atoms with E-state index in [1.807, 2.05) is 25.3 Å². The Hall–Kier alpha value is -3.22. The summed E-state index contributed by atoms with van der Waals surface area (Å²) in [6, 6.07) is 2.30. The van der Waals surface area contributed by atoms with E-state index in [9.17, 15) is 5.26 Å². The Morgan fingerprint density at radius 1 is 1.14 bits per heavy atom. The number of allylic oxidation sites excluding steroid dienone is 10. The normalized spacial score (nSPS) is 16.0.